The fraction of sp³-hybridized carbons (Fsp3) is 0.417. The molecule has 0 saturated carbocycles. The number of amides is 1. The van der Waals surface area contributed by atoms with Crippen molar-refractivity contribution >= 4 is 40.1 Å². The predicted molar refractivity (Wildman–Crippen MR) is 73.9 cm³/mol. The Bertz CT molecular complexity index is 421. The van der Waals surface area contributed by atoms with Gasteiger partial charge in [-0.15, -0.1) is 0 Å². The molecule has 2 nitrogen and oxygen atoms in total. The van der Waals surface area contributed by atoms with Crippen molar-refractivity contribution in [2.24, 2.45) is 0 Å². The molecule has 1 heterocycles. The number of hydrogen-bond acceptors (Lipinski definition) is 1. The Hall–Kier alpha value is -0.290. The topological polar surface area (TPSA) is 20.3 Å². The predicted octanol–water partition coefficient (Wildman–Crippen LogP) is 3.57. The minimum atomic E-state index is 0.0615. The van der Waals surface area contributed by atoms with E-state index in [0.29, 0.717) is 16.6 Å². The highest BCUT2D eigenvalue weighted by Crippen LogP contribution is 2.24. The van der Waals surface area contributed by atoms with E-state index in [1.165, 1.54) is 0 Å². The van der Waals surface area contributed by atoms with Crippen molar-refractivity contribution in [1.82, 2.24) is 4.90 Å². The minimum absolute atomic E-state index is 0.0615. The summed E-state index contributed by atoms with van der Waals surface area (Å²) in [7, 11) is 0. The van der Waals surface area contributed by atoms with Gasteiger partial charge in [0.05, 0.1) is 10.6 Å². The van der Waals surface area contributed by atoms with Crippen LogP contribution in [0.1, 0.15) is 30.1 Å². The molecule has 0 radical (unpaired) electrons. The van der Waals surface area contributed by atoms with Gasteiger partial charge in [0, 0.05) is 16.2 Å². The highest BCUT2D eigenvalue weighted by atomic mass is 127. The summed E-state index contributed by atoms with van der Waals surface area (Å²) in [5, 5.41) is 0.552. The lowest BCUT2D eigenvalue weighted by molar-refractivity contribution is 0.0747. The van der Waals surface area contributed by atoms with Gasteiger partial charge in [-0.25, -0.2) is 0 Å². The van der Waals surface area contributed by atoms with Crippen molar-refractivity contribution in [3.8, 4) is 0 Å². The Morgan fingerprint density at radius 1 is 1.56 bits per heavy atom. The first-order valence-electron chi connectivity index (χ1n) is 5.35. The molecule has 1 fully saturated rings. The number of benzene rings is 1. The van der Waals surface area contributed by atoms with E-state index in [2.05, 4.69) is 29.5 Å². The van der Waals surface area contributed by atoms with E-state index in [4.69, 9.17) is 11.6 Å². The van der Waals surface area contributed by atoms with E-state index in [0.717, 1.165) is 23.0 Å². The molecular formula is C12H13ClINO. The van der Waals surface area contributed by atoms with E-state index in [9.17, 15) is 4.79 Å². The summed E-state index contributed by atoms with van der Waals surface area (Å²) < 4.78 is 1.05. The van der Waals surface area contributed by atoms with Crippen LogP contribution in [0.5, 0.6) is 0 Å². The van der Waals surface area contributed by atoms with Gasteiger partial charge in [-0.2, -0.15) is 0 Å². The van der Waals surface area contributed by atoms with Crippen LogP contribution in [-0.4, -0.2) is 23.4 Å². The summed E-state index contributed by atoms with van der Waals surface area (Å²) in [6, 6.07) is 5.90. The van der Waals surface area contributed by atoms with Crippen LogP contribution in [0, 0.1) is 3.57 Å². The third kappa shape index (κ3) is 2.35. The molecular weight excluding hydrogens is 336 g/mol. The summed E-state index contributed by atoms with van der Waals surface area (Å²) >= 11 is 8.29. The van der Waals surface area contributed by atoms with Gasteiger partial charge in [0.2, 0.25) is 0 Å². The first-order chi connectivity index (χ1) is 7.59. The molecule has 86 valence electrons. The lowest BCUT2D eigenvalue weighted by atomic mass is 10.2. The number of nitrogens with zero attached hydrogens (tertiary/aromatic N) is 1. The van der Waals surface area contributed by atoms with Crippen LogP contribution >= 0.6 is 34.2 Å². The molecule has 4 heteroatoms. The number of carbonyl (C=O) groups is 1. The standard InChI is InChI=1S/C12H13ClINO/c1-8-3-2-6-15(8)12(16)10-5-4-9(14)7-11(10)13/h4-5,7-8H,2-3,6H2,1H3/t8-/m0/s1. The summed E-state index contributed by atoms with van der Waals surface area (Å²) in [6.45, 7) is 2.94. The smallest absolute Gasteiger partial charge is 0.255 e. The second-order valence-corrected chi connectivity index (χ2v) is 5.77. The molecule has 2 rings (SSSR count). The maximum atomic E-state index is 12.2. The van der Waals surface area contributed by atoms with Crippen molar-refractivity contribution in [2.75, 3.05) is 6.54 Å². The van der Waals surface area contributed by atoms with Crippen molar-refractivity contribution in [1.29, 1.82) is 0 Å². The van der Waals surface area contributed by atoms with E-state index in [1.54, 1.807) is 0 Å². The lowest BCUT2D eigenvalue weighted by Gasteiger charge is -2.21. The third-order valence-corrected chi connectivity index (χ3v) is 3.96. The Labute approximate surface area is 114 Å². The summed E-state index contributed by atoms with van der Waals surface area (Å²) in [6.07, 6.45) is 2.18. The first-order valence-corrected chi connectivity index (χ1v) is 6.81. The fourth-order valence-corrected chi connectivity index (χ4v) is 2.99. The molecule has 1 aliphatic heterocycles. The zero-order chi connectivity index (χ0) is 11.7. The van der Waals surface area contributed by atoms with E-state index >= 15 is 0 Å². The molecule has 1 saturated heterocycles. The monoisotopic (exact) mass is 349 g/mol. The largest absolute Gasteiger partial charge is 0.336 e. The number of rotatable bonds is 1. The fourth-order valence-electron chi connectivity index (χ4n) is 2.05. The zero-order valence-electron chi connectivity index (χ0n) is 9.04. The summed E-state index contributed by atoms with van der Waals surface area (Å²) in [5.74, 6) is 0.0615. The molecule has 1 aliphatic rings. The van der Waals surface area contributed by atoms with Crippen molar-refractivity contribution in [3.63, 3.8) is 0 Å². The normalized spacial score (nSPS) is 20.2. The van der Waals surface area contributed by atoms with Crippen LogP contribution in [0.4, 0.5) is 0 Å². The molecule has 16 heavy (non-hydrogen) atoms. The van der Waals surface area contributed by atoms with Crippen molar-refractivity contribution in [2.45, 2.75) is 25.8 Å². The van der Waals surface area contributed by atoms with Crippen LogP contribution in [0.15, 0.2) is 18.2 Å². The van der Waals surface area contributed by atoms with Crippen LogP contribution < -0.4 is 0 Å². The molecule has 1 amide bonds. The minimum Gasteiger partial charge on any atom is -0.336 e. The van der Waals surface area contributed by atoms with Crippen molar-refractivity contribution in [3.05, 3.63) is 32.4 Å². The van der Waals surface area contributed by atoms with Crippen LogP contribution in [0.3, 0.4) is 0 Å². The van der Waals surface area contributed by atoms with Crippen LogP contribution in [0.25, 0.3) is 0 Å². The molecule has 0 bridgehead atoms. The SMILES string of the molecule is C[C@H]1CCCN1C(=O)c1ccc(I)cc1Cl. The van der Waals surface area contributed by atoms with Gasteiger partial charge in [0.15, 0.2) is 0 Å². The lowest BCUT2D eigenvalue weighted by Crippen LogP contribution is -2.33. The van der Waals surface area contributed by atoms with Crippen LogP contribution in [0.2, 0.25) is 5.02 Å². The molecule has 0 unspecified atom stereocenters. The van der Waals surface area contributed by atoms with Crippen LogP contribution in [-0.2, 0) is 0 Å². The molecule has 1 aromatic rings. The summed E-state index contributed by atoms with van der Waals surface area (Å²) in [4.78, 5) is 14.1. The van der Waals surface area contributed by atoms with E-state index in [-0.39, 0.29) is 5.91 Å². The Morgan fingerprint density at radius 3 is 2.88 bits per heavy atom. The molecule has 0 aliphatic carbocycles. The van der Waals surface area contributed by atoms with Gasteiger partial charge in [-0.05, 0) is 60.6 Å². The first kappa shape index (κ1) is 12.2. The van der Waals surface area contributed by atoms with Gasteiger partial charge in [0.25, 0.3) is 5.91 Å². The zero-order valence-corrected chi connectivity index (χ0v) is 12.0. The average Bonchev–Trinajstić information content (AvgIpc) is 2.63. The third-order valence-electron chi connectivity index (χ3n) is 2.98. The van der Waals surface area contributed by atoms with Crippen molar-refractivity contribution < 1.29 is 4.79 Å². The Kier molecular flexibility index (Phi) is 3.74. The second-order valence-electron chi connectivity index (χ2n) is 4.11. The van der Waals surface area contributed by atoms with Gasteiger partial charge in [-0.1, -0.05) is 11.6 Å². The maximum absolute atomic E-state index is 12.2. The molecule has 1 atom stereocenters. The average molecular weight is 350 g/mol. The Balaban J connectivity index is 2.27. The van der Waals surface area contributed by atoms with E-state index in [1.807, 2.05) is 23.1 Å². The van der Waals surface area contributed by atoms with Gasteiger partial charge >= 0.3 is 0 Å². The molecule has 0 spiro atoms. The highest BCUT2D eigenvalue weighted by molar-refractivity contribution is 14.1. The quantitative estimate of drug-likeness (QED) is 0.710. The number of likely N-dealkylation sites (tertiary alicyclic amines) is 1. The molecule has 1 aromatic carbocycles. The molecule has 0 aromatic heterocycles. The van der Waals surface area contributed by atoms with Gasteiger partial charge in [-0.3, -0.25) is 4.79 Å². The summed E-state index contributed by atoms with van der Waals surface area (Å²) in [5.41, 5.74) is 0.621. The number of carbonyl (C=O) groups excluding carboxylic acids is 1. The molecule has 0 N–H and O–H groups in total. The number of hydrogen-bond donors (Lipinski definition) is 0. The number of halogens is 2. The van der Waals surface area contributed by atoms with E-state index < -0.39 is 0 Å². The van der Waals surface area contributed by atoms with Gasteiger partial charge < -0.3 is 4.90 Å². The maximum Gasteiger partial charge on any atom is 0.255 e. The van der Waals surface area contributed by atoms with Gasteiger partial charge in [0.1, 0.15) is 0 Å². The highest BCUT2D eigenvalue weighted by Gasteiger charge is 2.27. The second kappa shape index (κ2) is 4.92. The Morgan fingerprint density at radius 2 is 2.31 bits per heavy atom.